The van der Waals surface area contributed by atoms with Gasteiger partial charge in [0.1, 0.15) is 0 Å². The number of hydrogen-bond acceptors (Lipinski definition) is 3. The second kappa shape index (κ2) is 3.96. The number of pyridine rings is 1. The van der Waals surface area contributed by atoms with Gasteiger partial charge in [-0.05, 0) is 41.0 Å². The largest absolute Gasteiger partial charge is 0.329 e. The van der Waals surface area contributed by atoms with Gasteiger partial charge in [0, 0.05) is 34.9 Å². The molecule has 3 N–H and O–H groups in total. The summed E-state index contributed by atoms with van der Waals surface area (Å²) >= 11 is 3.38. The molecule has 0 amide bonds. The van der Waals surface area contributed by atoms with Crippen LogP contribution >= 0.6 is 15.9 Å². The molecule has 0 aromatic carbocycles. The molecule has 1 saturated heterocycles. The van der Waals surface area contributed by atoms with Gasteiger partial charge in [0.2, 0.25) is 0 Å². The van der Waals surface area contributed by atoms with E-state index in [1.54, 1.807) is 0 Å². The number of aromatic nitrogens is 1. The van der Waals surface area contributed by atoms with Crippen LogP contribution in [0.5, 0.6) is 0 Å². The van der Waals surface area contributed by atoms with Crippen LogP contribution in [0.2, 0.25) is 0 Å². The number of nitrogens with one attached hydrogen (secondary N) is 1. The highest BCUT2D eigenvalue weighted by Crippen LogP contribution is 2.28. The first kappa shape index (κ1) is 10.1. The van der Waals surface area contributed by atoms with E-state index in [1.807, 2.05) is 12.3 Å². The summed E-state index contributed by atoms with van der Waals surface area (Å²) in [6.07, 6.45) is 2.92. The van der Waals surface area contributed by atoms with Crippen molar-refractivity contribution in [3.8, 4) is 0 Å². The molecule has 2 heterocycles. The highest BCUT2D eigenvalue weighted by Gasteiger charge is 2.35. The lowest BCUT2D eigenvalue weighted by molar-refractivity contribution is 0.468. The van der Waals surface area contributed by atoms with Crippen LogP contribution in [-0.4, -0.2) is 24.6 Å². The highest BCUT2D eigenvalue weighted by atomic mass is 79.9. The van der Waals surface area contributed by atoms with E-state index in [9.17, 15) is 0 Å². The number of nitrogens with two attached hydrogens (primary N) is 1. The summed E-state index contributed by atoms with van der Waals surface area (Å²) in [7, 11) is 0. The number of nitrogens with zero attached hydrogens (tertiary/aromatic N) is 1. The standard InChI is InChI=1S/C10H14BrN3/c11-8-1-2-9(14-5-8)10(6-12)3-4-13-7-10/h1-2,5,13H,3-4,6-7,12H2/t10-/m0/s1. The molecule has 1 aliphatic heterocycles. The molecular weight excluding hydrogens is 242 g/mol. The Hall–Kier alpha value is -0.450. The van der Waals surface area contributed by atoms with Gasteiger partial charge in [0.25, 0.3) is 0 Å². The van der Waals surface area contributed by atoms with Crippen molar-refractivity contribution in [1.29, 1.82) is 0 Å². The number of hydrogen-bond donors (Lipinski definition) is 2. The van der Waals surface area contributed by atoms with Crippen LogP contribution in [-0.2, 0) is 5.41 Å². The lowest BCUT2D eigenvalue weighted by Crippen LogP contribution is -2.37. The molecule has 0 unspecified atom stereocenters. The van der Waals surface area contributed by atoms with Crippen LogP contribution in [0, 0.1) is 0 Å². The molecule has 0 aliphatic carbocycles. The molecule has 0 saturated carbocycles. The molecule has 1 fully saturated rings. The highest BCUT2D eigenvalue weighted by molar-refractivity contribution is 9.10. The molecule has 2 rings (SSSR count). The Morgan fingerprint density at radius 2 is 2.43 bits per heavy atom. The zero-order valence-electron chi connectivity index (χ0n) is 7.96. The van der Waals surface area contributed by atoms with Gasteiger partial charge in [-0.25, -0.2) is 0 Å². The summed E-state index contributed by atoms with van der Waals surface area (Å²) in [5.74, 6) is 0. The van der Waals surface area contributed by atoms with Crippen molar-refractivity contribution in [2.75, 3.05) is 19.6 Å². The summed E-state index contributed by atoms with van der Waals surface area (Å²) in [5.41, 5.74) is 7.01. The molecule has 14 heavy (non-hydrogen) atoms. The Kier molecular flexibility index (Phi) is 2.85. The molecule has 3 nitrogen and oxygen atoms in total. The second-order valence-corrected chi connectivity index (χ2v) is 4.69. The van der Waals surface area contributed by atoms with Gasteiger partial charge in [0.05, 0.1) is 0 Å². The Bertz CT molecular complexity index is 304. The van der Waals surface area contributed by atoms with Crippen LogP contribution in [0.3, 0.4) is 0 Å². The fourth-order valence-electron chi connectivity index (χ4n) is 1.93. The van der Waals surface area contributed by atoms with Gasteiger partial charge in [-0.3, -0.25) is 4.98 Å². The zero-order valence-corrected chi connectivity index (χ0v) is 9.55. The summed E-state index contributed by atoms with van der Waals surface area (Å²) in [6, 6.07) is 4.09. The van der Waals surface area contributed by atoms with E-state index in [0.29, 0.717) is 6.54 Å². The van der Waals surface area contributed by atoms with E-state index in [0.717, 1.165) is 29.7 Å². The van der Waals surface area contributed by atoms with E-state index in [4.69, 9.17) is 5.73 Å². The molecule has 1 aromatic rings. The normalized spacial score (nSPS) is 26.7. The fraction of sp³-hybridized carbons (Fsp3) is 0.500. The third kappa shape index (κ3) is 1.69. The molecule has 4 heteroatoms. The van der Waals surface area contributed by atoms with Crippen LogP contribution in [0.1, 0.15) is 12.1 Å². The Morgan fingerprint density at radius 1 is 1.57 bits per heavy atom. The lowest BCUT2D eigenvalue weighted by Gasteiger charge is -2.25. The van der Waals surface area contributed by atoms with Crippen molar-refractivity contribution in [1.82, 2.24) is 10.3 Å². The van der Waals surface area contributed by atoms with Crippen molar-refractivity contribution in [3.05, 3.63) is 28.5 Å². The Labute approximate surface area is 92.2 Å². The Morgan fingerprint density at radius 3 is 2.93 bits per heavy atom. The Balaban J connectivity index is 2.31. The van der Waals surface area contributed by atoms with E-state index in [2.05, 4.69) is 32.3 Å². The quantitative estimate of drug-likeness (QED) is 0.831. The van der Waals surface area contributed by atoms with Gasteiger partial charge < -0.3 is 11.1 Å². The predicted molar refractivity (Wildman–Crippen MR) is 60.2 cm³/mol. The molecular formula is C10H14BrN3. The van der Waals surface area contributed by atoms with Crippen molar-refractivity contribution < 1.29 is 0 Å². The smallest absolute Gasteiger partial charge is 0.0492 e. The summed E-state index contributed by atoms with van der Waals surface area (Å²) in [4.78, 5) is 4.44. The maximum atomic E-state index is 5.85. The van der Waals surface area contributed by atoms with Crippen LogP contribution in [0.25, 0.3) is 0 Å². The van der Waals surface area contributed by atoms with E-state index < -0.39 is 0 Å². The third-order valence-electron chi connectivity index (χ3n) is 2.91. The first-order valence-corrected chi connectivity index (χ1v) is 5.59. The van der Waals surface area contributed by atoms with Crippen LogP contribution in [0.4, 0.5) is 0 Å². The van der Waals surface area contributed by atoms with E-state index >= 15 is 0 Å². The first-order valence-electron chi connectivity index (χ1n) is 4.80. The molecule has 1 aliphatic rings. The molecule has 76 valence electrons. The minimum Gasteiger partial charge on any atom is -0.329 e. The average Bonchev–Trinajstić information content (AvgIpc) is 2.68. The molecule has 1 aromatic heterocycles. The van der Waals surface area contributed by atoms with Crippen LogP contribution < -0.4 is 11.1 Å². The van der Waals surface area contributed by atoms with Crippen molar-refractivity contribution in [3.63, 3.8) is 0 Å². The van der Waals surface area contributed by atoms with Crippen molar-refractivity contribution in [2.45, 2.75) is 11.8 Å². The maximum absolute atomic E-state index is 5.85. The van der Waals surface area contributed by atoms with Crippen LogP contribution in [0.15, 0.2) is 22.8 Å². The van der Waals surface area contributed by atoms with E-state index in [-0.39, 0.29) is 5.41 Å². The minimum atomic E-state index is 0.0562. The molecule has 0 bridgehead atoms. The SMILES string of the molecule is NC[C@@]1(c2ccc(Br)cn2)CCNC1. The lowest BCUT2D eigenvalue weighted by atomic mass is 9.83. The van der Waals surface area contributed by atoms with Gasteiger partial charge in [-0.2, -0.15) is 0 Å². The van der Waals surface area contributed by atoms with Crippen molar-refractivity contribution >= 4 is 15.9 Å². The summed E-state index contributed by atoms with van der Waals surface area (Å²) in [6.45, 7) is 2.64. The summed E-state index contributed by atoms with van der Waals surface area (Å²) in [5, 5.41) is 3.35. The summed E-state index contributed by atoms with van der Waals surface area (Å²) < 4.78 is 1.01. The monoisotopic (exact) mass is 255 g/mol. The molecule has 0 spiro atoms. The predicted octanol–water partition coefficient (Wildman–Crippen LogP) is 1.03. The van der Waals surface area contributed by atoms with Gasteiger partial charge in [-0.15, -0.1) is 0 Å². The topological polar surface area (TPSA) is 50.9 Å². The first-order chi connectivity index (χ1) is 6.77. The zero-order chi connectivity index (χ0) is 10.0. The molecule has 1 atom stereocenters. The third-order valence-corrected chi connectivity index (χ3v) is 3.37. The maximum Gasteiger partial charge on any atom is 0.0492 e. The second-order valence-electron chi connectivity index (χ2n) is 3.77. The number of halogens is 1. The minimum absolute atomic E-state index is 0.0562. The average molecular weight is 256 g/mol. The van der Waals surface area contributed by atoms with Gasteiger partial charge in [-0.1, -0.05) is 0 Å². The van der Waals surface area contributed by atoms with Gasteiger partial charge >= 0.3 is 0 Å². The number of rotatable bonds is 2. The fourth-order valence-corrected chi connectivity index (χ4v) is 2.17. The van der Waals surface area contributed by atoms with Crippen molar-refractivity contribution in [2.24, 2.45) is 5.73 Å². The van der Waals surface area contributed by atoms with Gasteiger partial charge in [0.15, 0.2) is 0 Å². The van der Waals surface area contributed by atoms with E-state index in [1.165, 1.54) is 0 Å². The molecule has 0 radical (unpaired) electrons.